The quantitative estimate of drug-likeness (QED) is 0.307. The minimum Gasteiger partial charge on any atom is -0.495 e. The van der Waals surface area contributed by atoms with Crippen LogP contribution < -0.4 is 20.3 Å². The second-order valence-electron chi connectivity index (χ2n) is 8.71. The van der Waals surface area contributed by atoms with Crippen LogP contribution >= 0.6 is 34.5 Å². The molecule has 0 atom stereocenters. The maximum Gasteiger partial charge on any atom is 0.258 e. The van der Waals surface area contributed by atoms with E-state index in [9.17, 15) is 4.79 Å². The van der Waals surface area contributed by atoms with Gasteiger partial charge in [0.05, 0.1) is 33.6 Å². The largest absolute Gasteiger partial charge is 0.495 e. The molecule has 0 spiro atoms. The van der Waals surface area contributed by atoms with Crippen LogP contribution in [0.4, 0.5) is 23.1 Å². The molecule has 1 fully saturated rings. The lowest BCUT2D eigenvalue weighted by Crippen LogP contribution is -2.46. The molecule has 38 heavy (non-hydrogen) atoms. The third kappa shape index (κ3) is 5.19. The summed E-state index contributed by atoms with van der Waals surface area (Å²) in [5.74, 6) is 2.04. The summed E-state index contributed by atoms with van der Waals surface area (Å²) in [5.41, 5.74) is 1.89. The number of carbonyl (C=O) groups is 1. The molecular weight excluding hydrogens is 547 g/mol. The van der Waals surface area contributed by atoms with Crippen molar-refractivity contribution in [2.24, 2.45) is 0 Å². The summed E-state index contributed by atoms with van der Waals surface area (Å²) >= 11 is 14.2. The fourth-order valence-corrected chi connectivity index (χ4v) is 5.75. The first-order valence-corrected chi connectivity index (χ1v) is 13.7. The molecule has 198 valence electrons. The molecule has 1 aliphatic rings. The third-order valence-electron chi connectivity index (χ3n) is 6.45. The fraction of sp³-hybridized carbons (Fsp3) is 0.320. The fourth-order valence-electron chi connectivity index (χ4n) is 4.28. The predicted molar refractivity (Wildman–Crippen MR) is 153 cm³/mol. The first-order valence-electron chi connectivity index (χ1n) is 12.0. The molecule has 0 radical (unpaired) electrons. The van der Waals surface area contributed by atoms with Crippen molar-refractivity contribution in [3.8, 4) is 5.75 Å². The molecule has 4 heterocycles. The Kier molecular flexibility index (Phi) is 7.80. The monoisotopic (exact) mass is 572 g/mol. The van der Waals surface area contributed by atoms with E-state index in [1.54, 1.807) is 17.8 Å². The standard InChI is InChI=1S/C25H26Cl2N8O2S/c1-4-34-5-7-35(8-6-34)18-10-17(28-12-29-18)32-24-23-21(30-13-31-24)15(11-38-23)25(36)33-22-19(26)14(2)9-16(37-3)20(22)27/h9-13H,4-8H2,1-3H3,(H,33,36)(H,28,29,30,31,32). The van der Waals surface area contributed by atoms with Gasteiger partial charge in [0, 0.05) is 37.6 Å². The second kappa shape index (κ2) is 11.2. The van der Waals surface area contributed by atoms with Crippen molar-refractivity contribution in [3.63, 3.8) is 0 Å². The van der Waals surface area contributed by atoms with Crippen molar-refractivity contribution >= 4 is 73.8 Å². The molecule has 2 N–H and O–H groups in total. The predicted octanol–water partition coefficient (Wildman–Crippen LogP) is 5.24. The normalized spacial score (nSPS) is 14.1. The number of nitrogens with one attached hydrogen (secondary N) is 2. The maximum absolute atomic E-state index is 13.3. The highest BCUT2D eigenvalue weighted by molar-refractivity contribution is 7.18. The summed E-state index contributed by atoms with van der Waals surface area (Å²) in [5, 5.41) is 8.39. The summed E-state index contributed by atoms with van der Waals surface area (Å²) in [6, 6.07) is 3.63. The molecule has 4 aromatic rings. The molecule has 0 aliphatic carbocycles. The van der Waals surface area contributed by atoms with Crippen molar-refractivity contribution in [1.82, 2.24) is 24.8 Å². The van der Waals surface area contributed by atoms with Gasteiger partial charge in [-0.15, -0.1) is 11.3 Å². The number of ether oxygens (including phenoxy) is 1. The van der Waals surface area contributed by atoms with Gasteiger partial charge in [0.1, 0.15) is 35.1 Å². The van der Waals surface area contributed by atoms with Gasteiger partial charge in [0.25, 0.3) is 5.91 Å². The second-order valence-corrected chi connectivity index (χ2v) is 10.3. The van der Waals surface area contributed by atoms with Crippen molar-refractivity contribution in [3.05, 3.63) is 51.3 Å². The Labute approximate surface area is 234 Å². The van der Waals surface area contributed by atoms with Crippen molar-refractivity contribution < 1.29 is 9.53 Å². The minimum absolute atomic E-state index is 0.226. The zero-order valence-electron chi connectivity index (χ0n) is 21.1. The molecule has 1 aliphatic heterocycles. The van der Waals surface area contributed by atoms with E-state index in [0.717, 1.165) is 44.1 Å². The van der Waals surface area contributed by atoms with Crippen LogP contribution in [-0.2, 0) is 0 Å². The Morgan fingerprint density at radius 3 is 2.58 bits per heavy atom. The van der Waals surface area contributed by atoms with Crippen LogP contribution in [0.15, 0.2) is 30.2 Å². The van der Waals surface area contributed by atoms with Crippen LogP contribution in [0.5, 0.6) is 5.75 Å². The van der Waals surface area contributed by atoms with Gasteiger partial charge in [-0.3, -0.25) is 4.79 Å². The number of thiophene rings is 1. The van der Waals surface area contributed by atoms with Gasteiger partial charge in [-0.1, -0.05) is 30.1 Å². The Bertz CT molecular complexity index is 1490. The van der Waals surface area contributed by atoms with E-state index in [2.05, 4.69) is 47.3 Å². The molecule has 1 saturated heterocycles. The summed E-state index contributed by atoms with van der Waals surface area (Å²) < 4.78 is 6.03. The number of nitrogens with zero attached hydrogens (tertiary/aromatic N) is 6. The van der Waals surface area contributed by atoms with Crippen LogP contribution in [0.3, 0.4) is 0 Å². The highest BCUT2D eigenvalue weighted by atomic mass is 35.5. The number of fused-ring (bicyclic) bond motifs is 1. The molecule has 0 saturated carbocycles. The van der Waals surface area contributed by atoms with E-state index in [1.165, 1.54) is 24.8 Å². The molecule has 1 amide bonds. The number of piperazine rings is 1. The summed E-state index contributed by atoms with van der Waals surface area (Å²) in [7, 11) is 1.50. The number of likely N-dealkylation sites (N-methyl/N-ethyl adjacent to an activating group) is 1. The van der Waals surface area contributed by atoms with Gasteiger partial charge in [-0.05, 0) is 25.1 Å². The number of halogens is 2. The number of hydrogen-bond acceptors (Lipinski definition) is 10. The van der Waals surface area contributed by atoms with E-state index < -0.39 is 5.91 Å². The summed E-state index contributed by atoms with van der Waals surface area (Å²) in [6.45, 7) is 8.86. The van der Waals surface area contributed by atoms with Gasteiger partial charge in [-0.25, -0.2) is 19.9 Å². The number of aromatic nitrogens is 4. The number of hydrogen-bond donors (Lipinski definition) is 2. The van der Waals surface area contributed by atoms with Gasteiger partial charge in [-0.2, -0.15) is 0 Å². The van der Waals surface area contributed by atoms with Crippen LogP contribution in [0.25, 0.3) is 10.2 Å². The third-order valence-corrected chi connectivity index (χ3v) is 8.29. The van der Waals surface area contributed by atoms with Gasteiger partial charge < -0.3 is 25.2 Å². The highest BCUT2D eigenvalue weighted by Gasteiger charge is 2.22. The van der Waals surface area contributed by atoms with Gasteiger partial charge in [0.2, 0.25) is 0 Å². The lowest BCUT2D eigenvalue weighted by Gasteiger charge is -2.34. The van der Waals surface area contributed by atoms with Crippen LogP contribution in [-0.4, -0.2) is 70.6 Å². The van der Waals surface area contributed by atoms with Crippen molar-refractivity contribution in [2.75, 3.05) is 55.4 Å². The molecule has 3 aromatic heterocycles. The van der Waals surface area contributed by atoms with E-state index in [-0.39, 0.29) is 10.7 Å². The Morgan fingerprint density at radius 1 is 1.08 bits per heavy atom. The van der Waals surface area contributed by atoms with E-state index in [4.69, 9.17) is 27.9 Å². The minimum atomic E-state index is -0.395. The molecule has 0 unspecified atom stereocenters. The number of anilines is 4. The molecular formula is C25H26Cl2N8O2S. The first-order chi connectivity index (χ1) is 18.4. The van der Waals surface area contributed by atoms with Gasteiger partial charge in [0.15, 0.2) is 5.82 Å². The summed E-state index contributed by atoms with van der Waals surface area (Å²) in [4.78, 5) is 35.5. The molecule has 10 nitrogen and oxygen atoms in total. The van der Waals surface area contributed by atoms with Crippen molar-refractivity contribution in [1.29, 1.82) is 0 Å². The van der Waals surface area contributed by atoms with Crippen LogP contribution in [0.2, 0.25) is 10.0 Å². The van der Waals surface area contributed by atoms with E-state index >= 15 is 0 Å². The zero-order chi connectivity index (χ0) is 26.8. The zero-order valence-corrected chi connectivity index (χ0v) is 23.4. The van der Waals surface area contributed by atoms with Crippen molar-refractivity contribution in [2.45, 2.75) is 13.8 Å². The first kappa shape index (κ1) is 26.4. The lowest BCUT2D eigenvalue weighted by atomic mass is 10.2. The number of rotatable bonds is 7. The van der Waals surface area contributed by atoms with E-state index in [0.29, 0.717) is 38.2 Å². The average Bonchev–Trinajstić information content (AvgIpc) is 3.38. The van der Waals surface area contributed by atoms with Gasteiger partial charge >= 0.3 is 0 Å². The Hall–Kier alpha value is -3.25. The SMILES string of the molecule is CCN1CCN(c2cc(Nc3ncnc4c(C(=O)Nc5c(Cl)c(C)cc(OC)c5Cl)csc34)ncn2)CC1. The van der Waals surface area contributed by atoms with E-state index in [1.807, 2.05) is 13.0 Å². The summed E-state index contributed by atoms with van der Waals surface area (Å²) in [6.07, 6.45) is 2.95. The highest BCUT2D eigenvalue weighted by Crippen LogP contribution is 2.41. The van der Waals surface area contributed by atoms with Crippen LogP contribution in [0, 0.1) is 6.92 Å². The van der Waals surface area contributed by atoms with Crippen LogP contribution in [0.1, 0.15) is 22.8 Å². The number of carbonyl (C=O) groups excluding carboxylic acids is 1. The molecule has 1 aromatic carbocycles. The topological polar surface area (TPSA) is 108 Å². The average molecular weight is 574 g/mol. The molecule has 13 heteroatoms. The molecule has 5 rings (SSSR count). The number of amides is 1. The molecule has 0 bridgehead atoms. The maximum atomic E-state index is 13.3. The smallest absolute Gasteiger partial charge is 0.258 e. The number of aryl methyl sites for hydroxylation is 1. The number of methoxy groups -OCH3 is 1. The Balaban J connectivity index is 1.38. The Morgan fingerprint density at radius 2 is 1.84 bits per heavy atom. The lowest BCUT2D eigenvalue weighted by molar-refractivity contribution is 0.102. The number of benzene rings is 1.